The summed E-state index contributed by atoms with van der Waals surface area (Å²) in [6, 6.07) is 4.36. The molecular formula is C14H20N2O6S. The SMILES string of the molecule is COc1ccc(S(=O)(=O)NCC(=O)N2CCOCC2)c(OC)c1. The van der Waals surface area contributed by atoms with Crippen LogP contribution in [0.15, 0.2) is 23.1 Å². The summed E-state index contributed by atoms with van der Waals surface area (Å²) < 4.78 is 42.3. The van der Waals surface area contributed by atoms with Gasteiger partial charge in [-0.2, -0.15) is 0 Å². The van der Waals surface area contributed by atoms with E-state index in [4.69, 9.17) is 14.2 Å². The number of carbonyl (C=O) groups is 1. The summed E-state index contributed by atoms with van der Waals surface area (Å²) in [5, 5.41) is 0. The minimum absolute atomic E-state index is 0.0458. The van der Waals surface area contributed by atoms with E-state index in [2.05, 4.69) is 4.72 Å². The molecule has 1 saturated heterocycles. The summed E-state index contributed by atoms with van der Waals surface area (Å²) >= 11 is 0. The first kappa shape index (κ1) is 17.5. The summed E-state index contributed by atoms with van der Waals surface area (Å²) in [4.78, 5) is 13.5. The average molecular weight is 344 g/mol. The minimum Gasteiger partial charge on any atom is -0.497 e. The van der Waals surface area contributed by atoms with Gasteiger partial charge in [-0.25, -0.2) is 13.1 Å². The van der Waals surface area contributed by atoms with Gasteiger partial charge in [0.15, 0.2) is 0 Å². The molecule has 1 fully saturated rings. The van der Waals surface area contributed by atoms with Crippen LogP contribution in [0.3, 0.4) is 0 Å². The van der Waals surface area contributed by atoms with E-state index < -0.39 is 10.0 Å². The van der Waals surface area contributed by atoms with Crippen molar-refractivity contribution in [2.45, 2.75) is 4.90 Å². The molecule has 2 rings (SSSR count). The number of nitrogens with zero attached hydrogens (tertiary/aromatic N) is 1. The quantitative estimate of drug-likeness (QED) is 0.771. The first-order valence-electron chi connectivity index (χ1n) is 7.05. The van der Waals surface area contributed by atoms with Gasteiger partial charge in [0.1, 0.15) is 16.4 Å². The van der Waals surface area contributed by atoms with Crippen molar-refractivity contribution in [1.82, 2.24) is 9.62 Å². The minimum atomic E-state index is -3.87. The van der Waals surface area contributed by atoms with Crippen molar-refractivity contribution in [3.63, 3.8) is 0 Å². The molecule has 128 valence electrons. The van der Waals surface area contributed by atoms with Gasteiger partial charge >= 0.3 is 0 Å². The van der Waals surface area contributed by atoms with Crippen molar-refractivity contribution in [3.8, 4) is 11.5 Å². The molecule has 0 spiro atoms. The summed E-state index contributed by atoms with van der Waals surface area (Å²) in [7, 11) is -1.03. The van der Waals surface area contributed by atoms with E-state index in [1.807, 2.05) is 0 Å². The lowest BCUT2D eigenvalue weighted by Gasteiger charge is -2.26. The van der Waals surface area contributed by atoms with Gasteiger partial charge in [-0.05, 0) is 12.1 Å². The largest absolute Gasteiger partial charge is 0.497 e. The highest BCUT2D eigenvalue weighted by molar-refractivity contribution is 7.89. The molecule has 0 aliphatic carbocycles. The predicted molar refractivity (Wildman–Crippen MR) is 82.1 cm³/mol. The molecule has 1 amide bonds. The second kappa shape index (κ2) is 7.62. The van der Waals surface area contributed by atoms with Crippen LogP contribution < -0.4 is 14.2 Å². The zero-order valence-electron chi connectivity index (χ0n) is 13.1. The third-order valence-corrected chi connectivity index (χ3v) is 4.88. The van der Waals surface area contributed by atoms with E-state index in [-0.39, 0.29) is 23.1 Å². The molecule has 1 heterocycles. The molecule has 1 aromatic rings. The summed E-state index contributed by atoms with van der Waals surface area (Å²) in [6.45, 7) is 1.55. The topological polar surface area (TPSA) is 94.2 Å². The van der Waals surface area contributed by atoms with Crippen molar-refractivity contribution in [3.05, 3.63) is 18.2 Å². The van der Waals surface area contributed by atoms with Crippen LogP contribution in [0.4, 0.5) is 0 Å². The first-order valence-corrected chi connectivity index (χ1v) is 8.53. The molecule has 0 aromatic heterocycles. The maximum Gasteiger partial charge on any atom is 0.244 e. The van der Waals surface area contributed by atoms with Crippen LogP contribution in [0, 0.1) is 0 Å². The van der Waals surface area contributed by atoms with Gasteiger partial charge in [-0.15, -0.1) is 0 Å². The smallest absolute Gasteiger partial charge is 0.244 e. The summed E-state index contributed by atoms with van der Waals surface area (Å²) in [5.74, 6) is 0.338. The highest BCUT2D eigenvalue weighted by Gasteiger charge is 2.23. The van der Waals surface area contributed by atoms with Crippen LogP contribution in [0.2, 0.25) is 0 Å². The number of nitrogens with one attached hydrogen (secondary N) is 1. The van der Waals surface area contributed by atoms with Gasteiger partial charge < -0.3 is 19.1 Å². The van der Waals surface area contributed by atoms with Crippen LogP contribution in [0.25, 0.3) is 0 Å². The summed E-state index contributed by atoms with van der Waals surface area (Å²) in [5.41, 5.74) is 0. The molecule has 0 atom stereocenters. The second-order valence-corrected chi connectivity index (χ2v) is 6.57. The van der Waals surface area contributed by atoms with Crippen LogP contribution in [-0.2, 0) is 19.6 Å². The molecule has 1 N–H and O–H groups in total. The van der Waals surface area contributed by atoms with Gasteiger partial charge in [-0.3, -0.25) is 4.79 Å². The molecule has 23 heavy (non-hydrogen) atoms. The second-order valence-electron chi connectivity index (χ2n) is 4.83. The molecule has 1 aliphatic rings. The summed E-state index contributed by atoms with van der Waals surface area (Å²) in [6.07, 6.45) is 0. The molecule has 1 aromatic carbocycles. The fourth-order valence-corrected chi connectivity index (χ4v) is 3.28. The molecule has 0 radical (unpaired) electrons. The lowest BCUT2D eigenvalue weighted by molar-refractivity contribution is -0.133. The number of ether oxygens (including phenoxy) is 3. The molecule has 0 bridgehead atoms. The number of methoxy groups -OCH3 is 2. The fourth-order valence-electron chi connectivity index (χ4n) is 2.16. The first-order chi connectivity index (χ1) is 11.0. The number of hydrogen-bond donors (Lipinski definition) is 1. The Morgan fingerprint density at radius 2 is 1.96 bits per heavy atom. The Labute approximate surface area is 135 Å². The Hall–Kier alpha value is -1.84. The van der Waals surface area contributed by atoms with Crippen LogP contribution in [0.5, 0.6) is 11.5 Å². The van der Waals surface area contributed by atoms with Gasteiger partial charge in [-0.1, -0.05) is 0 Å². The Bertz CT molecular complexity index is 655. The Kier molecular flexibility index (Phi) is 5.80. The molecule has 0 saturated carbocycles. The highest BCUT2D eigenvalue weighted by atomic mass is 32.2. The number of carbonyl (C=O) groups excluding carboxylic acids is 1. The maximum absolute atomic E-state index is 12.4. The number of rotatable bonds is 6. The Balaban J connectivity index is 2.08. The maximum atomic E-state index is 12.4. The van der Waals surface area contributed by atoms with E-state index in [1.54, 1.807) is 4.90 Å². The number of hydrogen-bond acceptors (Lipinski definition) is 6. The van der Waals surface area contributed by atoms with E-state index >= 15 is 0 Å². The standard InChI is InChI=1S/C14H20N2O6S/c1-20-11-3-4-13(12(9-11)21-2)23(18,19)15-10-14(17)16-5-7-22-8-6-16/h3-4,9,15H,5-8,10H2,1-2H3. The van der Waals surface area contributed by atoms with Crippen molar-refractivity contribution in [2.75, 3.05) is 47.1 Å². The average Bonchev–Trinajstić information content (AvgIpc) is 2.59. The highest BCUT2D eigenvalue weighted by Crippen LogP contribution is 2.28. The van der Waals surface area contributed by atoms with E-state index in [1.165, 1.54) is 32.4 Å². The van der Waals surface area contributed by atoms with Gasteiger partial charge in [0.05, 0.1) is 34.0 Å². The number of morpholine rings is 1. The van der Waals surface area contributed by atoms with E-state index in [0.717, 1.165) is 0 Å². The van der Waals surface area contributed by atoms with Gasteiger partial charge in [0, 0.05) is 19.2 Å². The molecule has 8 nitrogen and oxygen atoms in total. The van der Waals surface area contributed by atoms with Gasteiger partial charge in [0.2, 0.25) is 15.9 Å². The number of sulfonamides is 1. The Morgan fingerprint density at radius 3 is 2.57 bits per heavy atom. The predicted octanol–water partition coefficient (Wildman–Crippen LogP) is -0.159. The fraction of sp³-hybridized carbons (Fsp3) is 0.500. The van der Waals surface area contributed by atoms with Crippen molar-refractivity contribution >= 4 is 15.9 Å². The van der Waals surface area contributed by atoms with Crippen molar-refractivity contribution in [1.29, 1.82) is 0 Å². The third-order valence-electron chi connectivity index (χ3n) is 3.44. The molecular weight excluding hydrogens is 324 g/mol. The van der Waals surface area contributed by atoms with Crippen LogP contribution in [0.1, 0.15) is 0 Å². The van der Waals surface area contributed by atoms with Crippen molar-refractivity contribution < 1.29 is 27.4 Å². The zero-order chi connectivity index (χ0) is 16.9. The zero-order valence-corrected chi connectivity index (χ0v) is 13.9. The molecule has 0 unspecified atom stereocenters. The molecule has 9 heteroatoms. The number of amides is 1. The molecule has 1 aliphatic heterocycles. The van der Waals surface area contributed by atoms with Crippen molar-refractivity contribution in [2.24, 2.45) is 0 Å². The monoisotopic (exact) mass is 344 g/mol. The number of benzene rings is 1. The van der Waals surface area contributed by atoms with Gasteiger partial charge in [0.25, 0.3) is 0 Å². The normalized spacial score (nSPS) is 15.3. The lowest BCUT2D eigenvalue weighted by Crippen LogP contribution is -2.45. The van der Waals surface area contributed by atoms with E-state index in [9.17, 15) is 13.2 Å². The lowest BCUT2D eigenvalue weighted by atomic mass is 10.3. The Morgan fingerprint density at radius 1 is 1.26 bits per heavy atom. The van der Waals surface area contributed by atoms with E-state index in [0.29, 0.717) is 32.1 Å². The third kappa shape index (κ3) is 4.34. The van der Waals surface area contributed by atoms with Crippen LogP contribution in [-0.4, -0.2) is 66.3 Å². The van der Waals surface area contributed by atoms with Crippen LogP contribution >= 0.6 is 0 Å².